The van der Waals surface area contributed by atoms with Crippen LogP contribution in [-0.4, -0.2) is 32.9 Å². The topological polar surface area (TPSA) is 69.4 Å². The molecule has 0 bridgehead atoms. The first kappa shape index (κ1) is 13.2. The van der Waals surface area contributed by atoms with Crippen LogP contribution in [0.2, 0.25) is 0 Å². The van der Waals surface area contributed by atoms with Gasteiger partial charge >= 0.3 is 5.97 Å². The quantitative estimate of drug-likeness (QED) is 0.815. The summed E-state index contributed by atoms with van der Waals surface area (Å²) >= 11 is 1.47. The fourth-order valence-corrected chi connectivity index (χ4v) is 4.35. The summed E-state index contributed by atoms with van der Waals surface area (Å²) in [5.74, 6) is 1.25. The number of ether oxygens (including phenoxy) is 1. The second-order valence-electron chi connectivity index (χ2n) is 6.07. The molecule has 2 saturated carbocycles. The number of hydrogen-bond acceptors (Lipinski definition) is 6. The van der Waals surface area contributed by atoms with E-state index in [0.717, 1.165) is 41.5 Å². The third-order valence-corrected chi connectivity index (χ3v) is 5.82. The van der Waals surface area contributed by atoms with Crippen LogP contribution in [0, 0.1) is 0 Å². The Balaban J connectivity index is 1.71. The monoisotopic (exact) mass is 306 g/mol. The Labute approximate surface area is 126 Å². The maximum absolute atomic E-state index is 12.0. The van der Waals surface area contributed by atoms with E-state index in [1.165, 1.54) is 37.7 Å². The molecule has 2 aromatic rings. The standard InChI is InChI=1S/C14H18N4O2S/c1-20-12(19)14(7-8-14)11-17-18-10(15-16-13(18)21-11)9-5-3-2-4-6-9/h9H,2-8H2,1H3. The van der Waals surface area contributed by atoms with Crippen LogP contribution in [-0.2, 0) is 14.9 Å². The average molecular weight is 306 g/mol. The van der Waals surface area contributed by atoms with Crippen molar-refractivity contribution in [2.45, 2.75) is 56.3 Å². The Hall–Kier alpha value is -1.50. The maximum Gasteiger partial charge on any atom is 0.318 e. The second kappa shape index (κ2) is 4.76. The van der Waals surface area contributed by atoms with Gasteiger partial charge in [-0.2, -0.15) is 9.61 Å². The number of rotatable bonds is 3. The fraction of sp³-hybridized carbons (Fsp3) is 0.714. The van der Waals surface area contributed by atoms with Crippen molar-refractivity contribution in [3.8, 4) is 0 Å². The third kappa shape index (κ3) is 1.97. The number of hydrogen-bond donors (Lipinski definition) is 0. The van der Waals surface area contributed by atoms with E-state index in [9.17, 15) is 4.79 Å². The molecule has 0 saturated heterocycles. The maximum atomic E-state index is 12.0. The van der Waals surface area contributed by atoms with Crippen LogP contribution in [0.25, 0.3) is 4.96 Å². The fourth-order valence-electron chi connectivity index (χ4n) is 3.27. The largest absolute Gasteiger partial charge is 0.468 e. The molecule has 0 aromatic carbocycles. The number of aromatic nitrogens is 4. The highest BCUT2D eigenvalue weighted by molar-refractivity contribution is 7.17. The van der Waals surface area contributed by atoms with Gasteiger partial charge in [-0.3, -0.25) is 4.79 Å². The average Bonchev–Trinajstić information content (AvgIpc) is 3.07. The first-order chi connectivity index (χ1) is 10.2. The summed E-state index contributed by atoms with van der Waals surface area (Å²) in [6.45, 7) is 0. The van der Waals surface area contributed by atoms with Crippen LogP contribution in [0.15, 0.2) is 0 Å². The molecule has 0 amide bonds. The number of carbonyl (C=O) groups is 1. The summed E-state index contributed by atoms with van der Waals surface area (Å²) in [4.78, 5) is 12.8. The molecule has 112 valence electrons. The SMILES string of the molecule is COC(=O)C1(c2nn3c(C4CCCCC4)nnc3s2)CC1. The van der Waals surface area contributed by atoms with E-state index in [1.807, 2.05) is 4.52 Å². The molecule has 7 heteroatoms. The first-order valence-electron chi connectivity index (χ1n) is 7.56. The number of esters is 1. The van der Waals surface area contributed by atoms with Crippen molar-refractivity contribution in [3.05, 3.63) is 10.8 Å². The Morgan fingerprint density at radius 1 is 1.29 bits per heavy atom. The van der Waals surface area contributed by atoms with E-state index in [-0.39, 0.29) is 5.97 Å². The number of methoxy groups -OCH3 is 1. The minimum atomic E-state index is -0.510. The van der Waals surface area contributed by atoms with Gasteiger partial charge < -0.3 is 4.74 Å². The molecule has 0 spiro atoms. The van der Waals surface area contributed by atoms with Gasteiger partial charge in [0.1, 0.15) is 10.4 Å². The van der Waals surface area contributed by atoms with Gasteiger partial charge in [0.05, 0.1) is 7.11 Å². The van der Waals surface area contributed by atoms with Crippen molar-refractivity contribution in [1.82, 2.24) is 19.8 Å². The van der Waals surface area contributed by atoms with Gasteiger partial charge in [0.15, 0.2) is 5.82 Å². The lowest BCUT2D eigenvalue weighted by molar-refractivity contribution is -0.143. The lowest BCUT2D eigenvalue weighted by atomic mass is 9.89. The van der Waals surface area contributed by atoms with Gasteiger partial charge in [-0.15, -0.1) is 10.2 Å². The lowest BCUT2D eigenvalue weighted by Crippen LogP contribution is -2.22. The lowest BCUT2D eigenvalue weighted by Gasteiger charge is -2.18. The van der Waals surface area contributed by atoms with Crippen molar-refractivity contribution in [1.29, 1.82) is 0 Å². The smallest absolute Gasteiger partial charge is 0.318 e. The summed E-state index contributed by atoms with van der Waals surface area (Å²) in [6, 6.07) is 0. The molecule has 0 N–H and O–H groups in total. The minimum Gasteiger partial charge on any atom is -0.468 e. The van der Waals surface area contributed by atoms with E-state index in [2.05, 4.69) is 15.3 Å². The molecule has 6 nitrogen and oxygen atoms in total. The van der Waals surface area contributed by atoms with E-state index < -0.39 is 5.41 Å². The zero-order chi connectivity index (χ0) is 14.4. The van der Waals surface area contributed by atoms with E-state index in [0.29, 0.717) is 5.92 Å². The second-order valence-corrected chi connectivity index (χ2v) is 7.02. The van der Waals surface area contributed by atoms with Crippen molar-refractivity contribution >= 4 is 22.3 Å². The zero-order valence-electron chi connectivity index (χ0n) is 12.0. The van der Waals surface area contributed by atoms with Crippen LogP contribution in [0.3, 0.4) is 0 Å². The van der Waals surface area contributed by atoms with Gasteiger partial charge in [0, 0.05) is 5.92 Å². The highest BCUT2D eigenvalue weighted by Gasteiger charge is 2.55. The predicted molar refractivity (Wildman–Crippen MR) is 77.4 cm³/mol. The van der Waals surface area contributed by atoms with Gasteiger partial charge in [-0.25, -0.2) is 0 Å². The van der Waals surface area contributed by atoms with Crippen LogP contribution < -0.4 is 0 Å². The normalized spacial score (nSPS) is 21.6. The zero-order valence-corrected chi connectivity index (χ0v) is 12.9. The highest BCUT2D eigenvalue weighted by Crippen LogP contribution is 2.50. The van der Waals surface area contributed by atoms with Crippen molar-refractivity contribution < 1.29 is 9.53 Å². The number of fused-ring (bicyclic) bond motifs is 1. The molecule has 2 fully saturated rings. The van der Waals surface area contributed by atoms with Gasteiger partial charge in [-0.1, -0.05) is 30.6 Å². The molecular formula is C14H18N4O2S. The van der Waals surface area contributed by atoms with Crippen LogP contribution in [0.1, 0.15) is 61.7 Å². The van der Waals surface area contributed by atoms with Crippen molar-refractivity contribution in [3.63, 3.8) is 0 Å². The molecule has 0 unspecified atom stereocenters. The Kier molecular flexibility index (Phi) is 2.99. The third-order valence-electron chi connectivity index (χ3n) is 4.72. The van der Waals surface area contributed by atoms with Crippen LogP contribution in [0.5, 0.6) is 0 Å². The molecule has 21 heavy (non-hydrogen) atoms. The molecule has 0 aliphatic heterocycles. The highest BCUT2D eigenvalue weighted by atomic mass is 32.1. The summed E-state index contributed by atoms with van der Waals surface area (Å²) in [6.07, 6.45) is 7.79. The predicted octanol–water partition coefficient (Wildman–Crippen LogP) is 2.44. The van der Waals surface area contributed by atoms with Crippen LogP contribution >= 0.6 is 11.3 Å². The summed E-state index contributed by atoms with van der Waals surface area (Å²) in [5.41, 5.74) is -0.510. The number of nitrogens with zero attached hydrogens (tertiary/aromatic N) is 4. The van der Waals surface area contributed by atoms with E-state index in [4.69, 9.17) is 4.74 Å². The summed E-state index contributed by atoms with van der Waals surface area (Å²) in [7, 11) is 1.44. The Bertz CT molecular complexity index is 682. The van der Waals surface area contributed by atoms with Gasteiger partial charge in [0.2, 0.25) is 4.96 Å². The molecular weight excluding hydrogens is 288 g/mol. The van der Waals surface area contributed by atoms with Crippen molar-refractivity contribution in [2.24, 2.45) is 0 Å². The summed E-state index contributed by atoms with van der Waals surface area (Å²) < 4.78 is 6.79. The molecule has 2 heterocycles. The minimum absolute atomic E-state index is 0.174. The molecule has 2 aromatic heterocycles. The molecule has 4 rings (SSSR count). The van der Waals surface area contributed by atoms with Gasteiger partial charge in [0.25, 0.3) is 0 Å². The molecule has 0 atom stereocenters. The van der Waals surface area contributed by atoms with E-state index >= 15 is 0 Å². The van der Waals surface area contributed by atoms with Crippen LogP contribution in [0.4, 0.5) is 0 Å². The number of carbonyl (C=O) groups excluding carboxylic acids is 1. The summed E-state index contributed by atoms with van der Waals surface area (Å²) in [5, 5.41) is 14.1. The molecule has 2 aliphatic carbocycles. The Morgan fingerprint density at radius 2 is 2.05 bits per heavy atom. The molecule has 0 radical (unpaired) electrons. The van der Waals surface area contributed by atoms with Gasteiger partial charge in [-0.05, 0) is 25.7 Å². The van der Waals surface area contributed by atoms with E-state index in [1.54, 1.807) is 0 Å². The van der Waals surface area contributed by atoms with Crippen molar-refractivity contribution in [2.75, 3.05) is 7.11 Å². The first-order valence-corrected chi connectivity index (χ1v) is 8.37. The Morgan fingerprint density at radius 3 is 2.71 bits per heavy atom. The molecule has 2 aliphatic rings.